The number of benzene rings is 1. The molecule has 0 spiro atoms. The van der Waals surface area contributed by atoms with Gasteiger partial charge < -0.3 is 4.90 Å². The first-order chi connectivity index (χ1) is 9.67. The van der Waals surface area contributed by atoms with Crippen molar-refractivity contribution in [1.82, 2.24) is 9.62 Å². The van der Waals surface area contributed by atoms with E-state index in [0.29, 0.717) is 6.54 Å². The Morgan fingerprint density at radius 2 is 2.00 bits per heavy atom. The lowest BCUT2D eigenvalue weighted by atomic mass is 10.1. The normalized spacial score (nSPS) is 13.4. The number of nitrogens with zero attached hydrogens (tertiary/aromatic N) is 2. The van der Waals surface area contributed by atoms with Crippen LogP contribution in [0.5, 0.6) is 0 Å². The zero-order valence-corrected chi connectivity index (χ0v) is 14.2. The summed E-state index contributed by atoms with van der Waals surface area (Å²) in [5.41, 5.74) is 0.258. The molecule has 0 bridgehead atoms. The SMILES string of the molecule is CC(C)C(CN(C)C)NS(=O)(=O)c1cc(C#N)ccc1Cl. The monoisotopic (exact) mass is 329 g/mol. The molecule has 116 valence electrons. The molecule has 1 rings (SSSR count). The minimum Gasteiger partial charge on any atom is -0.308 e. The van der Waals surface area contributed by atoms with Crippen LogP contribution in [0, 0.1) is 17.2 Å². The van der Waals surface area contributed by atoms with Crippen LogP contribution in [0.15, 0.2) is 23.1 Å². The molecular formula is C14H20ClN3O2S. The predicted molar refractivity (Wildman–Crippen MR) is 83.7 cm³/mol. The molecule has 0 fully saturated rings. The minimum absolute atomic E-state index is 0.0624. The van der Waals surface area contributed by atoms with Gasteiger partial charge in [-0.3, -0.25) is 0 Å². The van der Waals surface area contributed by atoms with Gasteiger partial charge >= 0.3 is 0 Å². The lowest BCUT2D eigenvalue weighted by Crippen LogP contribution is -2.44. The molecule has 21 heavy (non-hydrogen) atoms. The van der Waals surface area contributed by atoms with Crippen LogP contribution in [0.2, 0.25) is 5.02 Å². The smallest absolute Gasteiger partial charge is 0.242 e. The maximum absolute atomic E-state index is 12.5. The molecule has 1 aromatic rings. The highest BCUT2D eigenvalue weighted by molar-refractivity contribution is 7.89. The summed E-state index contributed by atoms with van der Waals surface area (Å²) in [6, 6.07) is 5.87. The van der Waals surface area contributed by atoms with Gasteiger partial charge in [-0.05, 0) is 38.2 Å². The van der Waals surface area contributed by atoms with Crippen LogP contribution in [0.25, 0.3) is 0 Å². The van der Waals surface area contributed by atoms with Crippen molar-refractivity contribution in [1.29, 1.82) is 5.26 Å². The zero-order chi connectivity index (χ0) is 16.2. The highest BCUT2D eigenvalue weighted by Crippen LogP contribution is 2.23. The molecule has 0 saturated heterocycles. The molecule has 0 heterocycles. The van der Waals surface area contributed by atoms with E-state index < -0.39 is 10.0 Å². The number of nitrogens with one attached hydrogen (secondary N) is 1. The molecule has 0 aliphatic carbocycles. The van der Waals surface area contributed by atoms with Crippen molar-refractivity contribution in [3.63, 3.8) is 0 Å². The molecule has 0 radical (unpaired) electrons. The van der Waals surface area contributed by atoms with E-state index in [9.17, 15) is 8.42 Å². The van der Waals surface area contributed by atoms with Crippen molar-refractivity contribution in [3.05, 3.63) is 28.8 Å². The van der Waals surface area contributed by atoms with E-state index in [-0.39, 0.29) is 27.4 Å². The third kappa shape index (κ3) is 4.97. The van der Waals surface area contributed by atoms with Gasteiger partial charge in [-0.2, -0.15) is 5.26 Å². The first-order valence-corrected chi connectivity index (χ1v) is 8.40. The van der Waals surface area contributed by atoms with Crippen molar-refractivity contribution in [2.24, 2.45) is 5.92 Å². The highest BCUT2D eigenvalue weighted by atomic mass is 35.5. The fourth-order valence-corrected chi connectivity index (χ4v) is 3.72. The van der Waals surface area contributed by atoms with E-state index in [4.69, 9.17) is 16.9 Å². The van der Waals surface area contributed by atoms with E-state index in [2.05, 4.69) is 4.72 Å². The van der Waals surface area contributed by atoms with Crippen LogP contribution in [0.3, 0.4) is 0 Å². The van der Waals surface area contributed by atoms with Gasteiger partial charge in [0.05, 0.1) is 16.7 Å². The molecule has 5 nitrogen and oxygen atoms in total. The minimum atomic E-state index is -3.77. The summed E-state index contributed by atoms with van der Waals surface area (Å²) in [5.74, 6) is 0.125. The lowest BCUT2D eigenvalue weighted by molar-refractivity contribution is 0.314. The van der Waals surface area contributed by atoms with Crippen molar-refractivity contribution in [3.8, 4) is 6.07 Å². The Morgan fingerprint density at radius 1 is 1.38 bits per heavy atom. The van der Waals surface area contributed by atoms with Crippen molar-refractivity contribution in [2.75, 3.05) is 20.6 Å². The number of rotatable bonds is 6. The summed E-state index contributed by atoms with van der Waals surface area (Å²) in [6.07, 6.45) is 0. The maximum atomic E-state index is 12.5. The zero-order valence-electron chi connectivity index (χ0n) is 12.6. The fourth-order valence-electron chi connectivity index (χ4n) is 1.82. The lowest BCUT2D eigenvalue weighted by Gasteiger charge is -2.25. The Balaban J connectivity index is 3.13. The molecule has 0 saturated carbocycles. The van der Waals surface area contributed by atoms with Crippen LogP contribution >= 0.6 is 11.6 Å². The van der Waals surface area contributed by atoms with Gasteiger partial charge in [0.15, 0.2) is 0 Å². The van der Waals surface area contributed by atoms with Crippen LogP contribution < -0.4 is 4.72 Å². The Kier molecular flexibility index (Phi) is 6.17. The summed E-state index contributed by atoms with van der Waals surface area (Å²) in [4.78, 5) is 1.85. The summed E-state index contributed by atoms with van der Waals surface area (Å²) in [6.45, 7) is 4.47. The summed E-state index contributed by atoms with van der Waals surface area (Å²) in [7, 11) is -0.00931. The summed E-state index contributed by atoms with van der Waals surface area (Å²) < 4.78 is 27.7. The fraction of sp³-hybridized carbons (Fsp3) is 0.500. The van der Waals surface area contributed by atoms with E-state index >= 15 is 0 Å². The molecule has 1 N–H and O–H groups in total. The third-order valence-electron chi connectivity index (χ3n) is 3.02. The van der Waals surface area contributed by atoms with Crippen molar-refractivity contribution in [2.45, 2.75) is 24.8 Å². The Morgan fingerprint density at radius 3 is 2.48 bits per heavy atom. The van der Waals surface area contributed by atoms with Crippen LogP contribution in [-0.2, 0) is 10.0 Å². The van der Waals surface area contributed by atoms with E-state index in [1.807, 2.05) is 38.9 Å². The van der Waals surface area contributed by atoms with Gasteiger partial charge in [0.2, 0.25) is 10.0 Å². The average molecular weight is 330 g/mol. The quantitative estimate of drug-likeness (QED) is 0.867. The largest absolute Gasteiger partial charge is 0.308 e. The second-order valence-corrected chi connectivity index (χ2v) is 7.58. The standard InChI is InChI=1S/C14H20ClN3O2S/c1-10(2)13(9-18(3)4)17-21(19,20)14-7-11(8-16)5-6-12(14)15/h5-7,10,13,17H,9H2,1-4H3. The number of likely N-dealkylation sites (N-methyl/N-ethyl adjacent to an activating group) is 1. The second-order valence-electron chi connectivity index (χ2n) is 5.49. The number of hydrogen-bond donors (Lipinski definition) is 1. The molecule has 0 aliphatic heterocycles. The molecule has 0 amide bonds. The summed E-state index contributed by atoms with van der Waals surface area (Å²) in [5, 5.41) is 9.00. The average Bonchev–Trinajstić information content (AvgIpc) is 2.37. The van der Waals surface area contributed by atoms with Crippen molar-refractivity contribution < 1.29 is 8.42 Å². The van der Waals surface area contributed by atoms with Crippen LogP contribution in [-0.4, -0.2) is 40.0 Å². The van der Waals surface area contributed by atoms with Gasteiger partial charge in [0, 0.05) is 12.6 Å². The molecular weight excluding hydrogens is 310 g/mol. The van der Waals surface area contributed by atoms with Gasteiger partial charge in [-0.15, -0.1) is 0 Å². The van der Waals surface area contributed by atoms with Gasteiger partial charge in [-0.1, -0.05) is 25.4 Å². The highest BCUT2D eigenvalue weighted by Gasteiger charge is 2.25. The first-order valence-electron chi connectivity index (χ1n) is 6.54. The summed E-state index contributed by atoms with van der Waals surface area (Å²) >= 11 is 5.97. The van der Waals surface area contributed by atoms with E-state index in [1.165, 1.54) is 18.2 Å². The van der Waals surface area contributed by atoms with E-state index in [0.717, 1.165) is 0 Å². The van der Waals surface area contributed by atoms with Crippen LogP contribution in [0.1, 0.15) is 19.4 Å². The molecule has 0 aliphatic rings. The maximum Gasteiger partial charge on any atom is 0.242 e. The number of nitriles is 1. The Bertz CT molecular complexity index is 636. The van der Waals surface area contributed by atoms with Crippen molar-refractivity contribution >= 4 is 21.6 Å². The Labute approximate surface area is 131 Å². The van der Waals surface area contributed by atoms with Gasteiger partial charge in [0.1, 0.15) is 4.90 Å². The third-order valence-corrected chi connectivity index (χ3v) is 4.99. The number of hydrogen-bond acceptors (Lipinski definition) is 4. The molecule has 0 aromatic heterocycles. The van der Waals surface area contributed by atoms with E-state index in [1.54, 1.807) is 0 Å². The van der Waals surface area contributed by atoms with Gasteiger partial charge in [0.25, 0.3) is 0 Å². The molecule has 1 aromatic carbocycles. The molecule has 1 unspecified atom stereocenters. The Hall–Kier alpha value is -1.13. The topological polar surface area (TPSA) is 73.2 Å². The number of halogens is 1. The number of sulfonamides is 1. The van der Waals surface area contributed by atoms with Crippen LogP contribution in [0.4, 0.5) is 0 Å². The molecule has 7 heteroatoms. The first kappa shape index (κ1) is 17.9. The second kappa shape index (κ2) is 7.23. The van der Waals surface area contributed by atoms with Gasteiger partial charge in [-0.25, -0.2) is 13.1 Å². The predicted octanol–water partition coefficient (Wildman–Crippen LogP) is 2.08. The molecule has 1 atom stereocenters.